The number of nitrogen functional groups attached to an aromatic ring is 1. The van der Waals surface area contributed by atoms with E-state index < -0.39 is 6.04 Å². The minimum absolute atomic E-state index is 0.205. The van der Waals surface area contributed by atoms with Crippen molar-refractivity contribution in [3.63, 3.8) is 0 Å². The number of nitrogens with zero attached hydrogens (tertiary/aromatic N) is 2. The van der Waals surface area contributed by atoms with Crippen molar-refractivity contribution in [3.05, 3.63) is 11.9 Å². The topological polar surface area (TPSA) is 86.9 Å². The summed E-state index contributed by atoms with van der Waals surface area (Å²) >= 11 is 1.66. The van der Waals surface area contributed by atoms with Crippen molar-refractivity contribution < 1.29 is 4.79 Å². The first-order chi connectivity index (χ1) is 7.06. The highest BCUT2D eigenvalue weighted by Gasteiger charge is 2.16. The first-order valence-electron chi connectivity index (χ1n) is 4.66. The highest BCUT2D eigenvalue weighted by atomic mass is 32.2. The van der Waals surface area contributed by atoms with E-state index in [-0.39, 0.29) is 5.91 Å². The van der Waals surface area contributed by atoms with Crippen LogP contribution in [0.25, 0.3) is 0 Å². The third kappa shape index (κ3) is 2.97. The van der Waals surface area contributed by atoms with E-state index >= 15 is 0 Å². The zero-order chi connectivity index (χ0) is 11.4. The number of hydrogen-bond acceptors (Lipinski definition) is 5. The van der Waals surface area contributed by atoms with Crippen LogP contribution in [0.4, 0.5) is 5.69 Å². The van der Waals surface area contributed by atoms with E-state index in [0.717, 1.165) is 5.75 Å². The van der Waals surface area contributed by atoms with E-state index in [2.05, 4.69) is 5.10 Å². The number of rotatable bonds is 4. The van der Waals surface area contributed by atoms with Crippen LogP contribution in [-0.2, 0) is 0 Å². The van der Waals surface area contributed by atoms with Crippen molar-refractivity contribution in [2.75, 3.05) is 17.7 Å². The van der Waals surface area contributed by atoms with E-state index in [1.807, 2.05) is 6.26 Å². The van der Waals surface area contributed by atoms with Crippen LogP contribution in [0.1, 0.15) is 16.9 Å². The molecule has 0 aliphatic rings. The van der Waals surface area contributed by atoms with Crippen LogP contribution in [0.15, 0.2) is 6.20 Å². The first-order valence-corrected chi connectivity index (χ1v) is 6.06. The van der Waals surface area contributed by atoms with Crippen LogP contribution in [-0.4, -0.2) is 33.7 Å². The smallest absolute Gasteiger partial charge is 0.263 e. The largest absolute Gasteiger partial charge is 0.396 e. The Labute approximate surface area is 93.2 Å². The predicted molar refractivity (Wildman–Crippen MR) is 63.0 cm³/mol. The summed E-state index contributed by atoms with van der Waals surface area (Å²) in [7, 11) is 0. The van der Waals surface area contributed by atoms with Crippen LogP contribution in [0, 0.1) is 6.92 Å². The lowest BCUT2D eigenvalue weighted by molar-refractivity contribution is 0.0861. The molecule has 0 saturated heterocycles. The molecule has 1 aromatic heterocycles. The second kappa shape index (κ2) is 5.18. The molecule has 0 unspecified atom stereocenters. The number of carbonyl (C=O) groups is 1. The monoisotopic (exact) mass is 228 g/mol. The maximum atomic E-state index is 11.7. The number of thioether (sulfide) groups is 1. The van der Waals surface area contributed by atoms with Crippen LogP contribution in [0.3, 0.4) is 0 Å². The summed E-state index contributed by atoms with van der Waals surface area (Å²) in [6, 6.07) is -0.504. The van der Waals surface area contributed by atoms with Gasteiger partial charge >= 0.3 is 0 Å². The summed E-state index contributed by atoms with van der Waals surface area (Å²) < 4.78 is 1.23. The molecular weight excluding hydrogens is 212 g/mol. The molecule has 5 nitrogen and oxygen atoms in total. The van der Waals surface area contributed by atoms with E-state index in [1.165, 1.54) is 10.9 Å². The predicted octanol–water partition coefficient (Wildman–Crippen LogP) is 0.494. The van der Waals surface area contributed by atoms with Gasteiger partial charge in [0.2, 0.25) is 0 Å². The fraction of sp³-hybridized carbons (Fsp3) is 0.556. The van der Waals surface area contributed by atoms with Crippen molar-refractivity contribution in [1.82, 2.24) is 9.78 Å². The summed E-state index contributed by atoms with van der Waals surface area (Å²) in [5.74, 6) is 0.659. The fourth-order valence-electron chi connectivity index (χ4n) is 1.12. The normalized spacial score (nSPS) is 12.7. The second-order valence-corrected chi connectivity index (χ2v) is 4.33. The summed E-state index contributed by atoms with van der Waals surface area (Å²) in [4.78, 5) is 11.7. The van der Waals surface area contributed by atoms with Gasteiger partial charge in [0.25, 0.3) is 5.91 Å². The average molecular weight is 228 g/mol. The number of hydrogen-bond donors (Lipinski definition) is 2. The Kier molecular flexibility index (Phi) is 4.16. The van der Waals surface area contributed by atoms with E-state index in [1.54, 1.807) is 18.7 Å². The fourth-order valence-corrected chi connectivity index (χ4v) is 1.61. The van der Waals surface area contributed by atoms with Gasteiger partial charge in [-0.1, -0.05) is 0 Å². The van der Waals surface area contributed by atoms with Gasteiger partial charge in [-0.2, -0.15) is 16.9 Å². The maximum Gasteiger partial charge on any atom is 0.263 e. The van der Waals surface area contributed by atoms with Gasteiger partial charge in [0.1, 0.15) is 0 Å². The quantitative estimate of drug-likeness (QED) is 0.783. The van der Waals surface area contributed by atoms with Crippen molar-refractivity contribution in [1.29, 1.82) is 0 Å². The molecule has 0 amide bonds. The van der Waals surface area contributed by atoms with Gasteiger partial charge in [-0.3, -0.25) is 4.79 Å². The van der Waals surface area contributed by atoms with Gasteiger partial charge in [-0.25, -0.2) is 4.68 Å². The third-order valence-electron chi connectivity index (χ3n) is 2.11. The van der Waals surface area contributed by atoms with Gasteiger partial charge in [-0.05, 0) is 25.4 Å². The molecule has 0 aromatic carbocycles. The Morgan fingerprint density at radius 1 is 1.73 bits per heavy atom. The third-order valence-corrected chi connectivity index (χ3v) is 2.76. The molecule has 0 aliphatic carbocycles. The average Bonchev–Trinajstić information content (AvgIpc) is 2.54. The summed E-state index contributed by atoms with van der Waals surface area (Å²) in [5.41, 5.74) is 12.5. The van der Waals surface area contributed by atoms with Gasteiger partial charge < -0.3 is 11.5 Å². The molecule has 1 heterocycles. The molecule has 15 heavy (non-hydrogen) atoms. The summed E-state index contributed by atoms with van der Waals surface area (Å²) in [6.45, 7) is 1.76. The zero-order valence-corrected chi connectivity index (χ0v) is 9.75. The van der Waals surface area contributed by atoms with Crippen LogP contribution >= 0.6 is 11.8 Å². The molecule has 0 bridgehead atoms. The Morgan fingerprint density at radius 2 is 2.40 bits per heavy atom. The van der Waals surface area contributed by atoms with Gasteiger partial charge in [0.15, 0.2) is 0 Å². The maximum absolute atomic E-state index is 11.7. The first kappa shape index (κ1) is 12.1. The summed E-state index contributed by atoms with van der Waals surface area (Å²) in [6.07, 6.45) is 4.14. The highest BCUT2D eigenvalue weighted by molar-refractivity contribution is 7.98. The zero-order valence-electron chi connectivity index (χ0n) is 8.93. The molecule has 0 aliphatic heterocycles. The minimum Gasteiger partial charge on any atom is -0.396 e. The Balaban J connectivity index is 2.67. The van der Waals surface area contributed by atoms with Crippen LogP contribution < -0.4 is 11.5 Å². The van der Waals surface area contributed by atoms with Crippen LogP contribution in [0.5, 0.6) is 0 Å². The molecule has 0 radical (unpaired) electrons. The lowest BCUT2D eigenvalue weighted by atomic mass is 10.2. The lowest BCUT2D eigenvalue weighted by Gasteiger charge is -2.08. The molecule has 1 rings (SSSR count). The molecule has 84 valence electrons. The summed E-state index contributed by atoms with van der Waals surface area (Å²) in [5, 5.41) is 3.99. The SMILES string of the molecule is CSCC[C@H](N)C(=O)n1cc(N)c(C)n1. The Morgan fingerprint density at radius 3 is 2.87 bits per heavy atom. The van der Waals surface area contributed by atoms with Crippen molar-refractivity contribution in [2.45, 2.75) is 19.4 Å². The second-order valence-electron chi connectivity index (χ2n) is 3.34. The molecule has 0 spiro atoms. The van der Waals surface area contributed by atoms with Crippen molar-refractivity contribution >= 4 is 23.4 Å². The Hall–Kier alpha value is -1.01. The highest BCUT2D eigenvalue weighted by Crippen LogP contribution is 2.08. The molecular formula is C9H16N4OS. The minimum atomic E-state index is -0.504. The molecule has 1 atom stereocenters. The van der Waals surface area contributed by atoms with Crippen LogP contribution in [0.2, 0.25) is 0 Å². The molecule has 0 saturated carbocycles. The lowest BCUT2D eigenvalue weighted by Crippen LogP contribution is -2.35. The number of anilines is 1. The molecule has 6 heteroatoms. The standard InChI is InChI=1S/C9H16N4OS/c1-6-8(11)5-13(12-6)9(14)7(10)3-4-15-2/h5,7H,3-4,10-11H2,1-2H3/t7-/m0/s1. The molecule has 4 N–H and O–H groups in total. The molecule has 1 aromatic rings. The van der Waals surface area contributed by atoms with Gasteiger partial charge in [0, 0.05) is 0 Å². The number of nitrogens with two attached hydrogens (primary N) is 2. The van der Waals surface area contributed by atoms with E-state index in [4.69, 9.17) is 11.5 Å². The van der Waals surface area contributed by atoms with Gasteiger partial charge in [0.05, 0.1) is 23.6 Å². The van der Waals surface area contributed by atoms with E-state index in [0.29, 0.717) is 17.8 Å². The number of carbonyl (C=O) groups excluding carboxylic acids is 1. The van der Waals surface area contributed by atoms with Crippen molar-refractivity contribution in [3.8, 4) is 0 Å². The Bertz CT molecular complexity index is 330. The van der Waals surface area contributed by atoms with E-state index in [9.17, 15) is 4.79 Å². The van der Waals surface area contributed by atoms with Gasteiger partial charge in [-0.15, -0.1) is 0 Å². The number of aromatic nitrogens is 2. The number of aryl methyl sites for hydroxylation is 1. The molecule has 0 fully saturated rings. The van der Waals surface area contributed by atoms with Crippen molar-refractivity contribution in [2.24, 2.45) is 5.73 Å².